The van der Waals surface area contributed by atoms with Gasteiger partial charge < -0.3 is 24.6 Å². The number of carbonyl (C=O) groups excluding carboxylic acids is 4. The summed E-state index contributed by atoms with van der Waals surface area (Å²) in [5, 5.41) is 3.25. The molecule has 0 heterocycles. The molecule has 0 radical (unpaired) electrons. The molecule has 0 rings (SSSR count). The number of aldehydes is 1. The number of rotatable bonds is 48. The Kier molecular flexibility index (Phi) is 43.0. The number of nitrogens with one attached hydrogen (secondary N) is 1. The predicted molar refractivity (Wildman–Crippen MR) is 266 cm³/mol. The van der Waals surface area contributed by atoms with E-state index in [1.165, 1.54) is 103 Å². The standard InChI is InChI=1S/C54H103N3O6/c1-8-12-15-18-23-30-38-49(11-4)62-52(60)41-33-26-21-28-35-44-57(46-37-43-55-54(48(5)59)51(47-58)56(6)7)45-36-29-22-27-34-42-53(61)63-50(39-31-24-19-16-13-9-2)40-32-25-20-17-14-10-3/h47,49-50,55H,8-46H2,1-7H3/b54-51-. The Morgan fingerprint density at radius 1 is 0.492 bits per heavy atom. The maximum absolute atomic E-state index is 12.9. The van der Waals surface area contributed by atoms with E-state index in [9.17, 15) is 19.2 Å². The van der Waals surface area contributed by atoms with Crippen molar-refractivity contribution in [2.45, 2.75) is 272 Å². The van der Waals surface area contributed by atoms with E-state index in [2.05, 4.69) is 37.9 Å². The zero-order valence-corrected chi connectivity index (χ0v) is 42.7. The number of esters is 2. The SMILES string of the molecule is CCCCCCCCC(CC)OC(=O)CCCCCCCN(CCCCCCCC(=O)OC(CCCCCCCC)CCCCCCCC)CCCN/C(C(C)=O)=C(/C=O)N(C)C. The third kappa shape index (κ3) is 37.5. The van der Waals surface area contributed by atoms with Crippen molar-refractivity contribution in [2.24, 2.45) is 0 Å². The molecule has 0 aliphatic rings. The number of hydrogen-bond acceptors (Lipinski definition) is 9. The maximum atomic E-state index is 12.9. The zero-order chi connectivity index (χ0) is 46.6. The lowest BCUT2D eigenvalue weighted by molar-refractivity contribution is -0.150. The summed E-state index contributed by atoms with van der Waals surface area (Å²) in [6.45, 7) is 14.0. The molecule has 0 fully saturated rings. The highest BCUT2D eigenvalue weighted by Gasteiger charge is 2.16. The van der Waals surface area contributed by atoms with Crippen LogP contribution >= 0.6 is 0 Å². The van der Waals surface area contributed by atoms with Gasteiger partial charge in [0, 0.05) is 40.4 Å². The summed E-state index contributed by atoms with van der Waals surface area (Å²) in [7, 11) is 3.55. The summed E-state index contributed by atoms with van der Waals surface area (Å²) in [4.78, 5) is 53.7. The number of nitrogens with zero attached hydrogens (tertiary/aromatic N) is 2. The first-order valence-corrected chi connectivity index (χ1v) is 26.9. The highest BCUT2D eigenvalue weighted by atomic mass is 16.5. The second kappa shape index (κ2) is 44.8. The van der Waals surface area contributed by atoms with Crippen molar-refractivity contribution in [3.63, 3.8) is 0 Å². The molecule has 1 unspecified atom stereocenters. The molecule has 0 aromatic rings. The molecule has 0 amide bonds. The van der Waals surface area contributed by atoms with Crippen molar-refractivity contribution in [2.75, 3.05) is 40.3 Å². The van der Waals surface area contributed by atoms with E-state index in [1.807, 2.05) is 0 Å². The van der Waals surface area contributed by atoms with Gasteiger partial charge in [-0.3, -0.25) is 19.2 Å². The Labute approximate surface area is 389 Å². The summed E-state index contributed by atoms with van der Waals surface area (Å²) in [5.74, 6) is -0.176. The summed E-state index contributed by atoms with van der Waals surface area (Å²) in [6.07, 6.45) is 40.1. The quantitative estimate of drug-likeness (QED) is 0.0277. The number of allylic oxidation sites excluding steroid dienone is 2. The van der Waals surface area contributed by atoms with Crippen LogP contribution in [-0.2, 0) is 28.7 Å². The molecule has 9 nitrogen and oxygen atoms in total. The van der Waals surface area contributed by atoms with Crippen LogP contribution in [0.4, 0.5) is 0 Å². The first-order valence-electron chi connectivity index (χ1n) is 26.9. The topological polar surface area (TPSA) is 105 Å². The molecule has 370 valence electrons. The van der Waals surface area contributed by atoms with Crippen molar-refractivity contribution >= 4 is 24.0 Å². The number of unbranched alkanes of at least 4 members (excludes halogenated alkanes) is 23. The van der Waals surface area contributed by atoms with Crippen molar-refractivity contribution < 1.29 is 28.7 Å². The minimum atomic E-state index is -0.135. The summed E-state index contributed by atoms with van der Waals surface area (Å²) >= 11 is 0. The largest absolute Gasteiger partial charge is 0.462 e. The number of ether oxygens (including phenoxy) is 2. The fourth-order valence-corrected chi connectivity index (χ4v) is 8.46. The summed E-state index contributed by atoms with van der Waals surface area (Å²) in [6, 6.07) is 0. The van der Waals surface area contributed by atoms with Crippen molar-refractivity contribution in [1.82, 2.24) is 15.1 Å². The molecule has 0 spiro atoms. The van der Waals surface area contributed by atoms with Crippen LogP contribution < -0.4 is 5.32 Å². The monoisotopic (exact) mass is 890 g/mol. The van der Waals surface area contributed by atoms with E-state index in [4.69, 9.17) is 9.47 Å². The van der Waals surface area contributed by atoms with Crippen molar-refractivity contribution in [3.8, 4) is 0 Å². The number of Topliss-reactive ketones (excluding diaryl/α,β-unsaturated/α-hetero) is 1. The van der Waals surface area contributed by atoms with Crippen molar-refractivity contribution in [3.05, 3.63) is 11.4 Å². The molecule has 1 N–H and O–H groups in total. The average Bonchev–Trinajstić information content (AvgIpc) is 3.26. The summed E-state index contributed by atoms with van der Waals surface area (Å²) in [5.41, 5.74) is 0.754. The Hall–Kier alpha value is -2.42. The van der Waals surface area contributed by atoms with Crippen molar-refractivity contribution in [1.29, 1.82) is 0 Å². The average molecular weight is 890 g/mol. The lowest BCUT2D eigenvalue weighted by atomic mass is 10.0. The van der Waals surface area contributed by atoms with Gasteiger partial charge >= 0.3 is 11.9 Å². The van der Waals surface area contributed by atoms with Gasteiger partial charge in [-0.25, -0.2) is 0 Å². The van der Waals surface area contributed by atoms with Crippen LogP contribution in [0.3, 0.4) is 0 Å². The third-order valence-electron chi connectivity index (χ3n) is 12.6. The van der Waals surface area contributed by atoms with Gasteiger partial charge in [-0.2, -0.15) is 0 Å². The molecule has 0 aliphatic carbocycles. The third-order valence-corrected chi connectivity index (χ3v) is 12.6. The van der Waals surface area contributed by atoms with Gasteiger partial charge in [0.2, 0.25) is 0 Å². The minimum absolute atomic E-state index is 0.00533. The molecular weight excluding hydrogens is 787 g/mol. The predicted octanol–water partition coefficient (Wildman–Crippen LogP) is 14.0. The van der Waals surface area contributed by atoms with Crippen LogP contribution in [0.25, 0.3) is 0 Å². The van der Waals surface area contributed by atoms with E-state index >= 15 is 0 Å². The number of carbonyl (C=O) groups is 4. The molecule has 9 heteroatoms. The van der Waals surface area contributed by atoms with E-state index in [0.29, 0.717) is 30.8 Å². The van der Waals surface area contributed by atoms with Gasteiger partial charge in [0.1, 0.15) is 23.6 Å². The lowest BCUT2D eigenvalue weighted by Crippen LogP contribution is -2.31. The van der Waals surface area contributed by atoms with Crippen LogP contribution in [0.2, 0.25) is 0 Å². The van der Waals surface area contributed by atoms with E-state index in [1.54, 1.807) is 19.0 Å². The van der Waals surface area contributed by atoms with Gasteiger partial charge in [-0.1, -0.05) is 163 Å². The number of hydrogen-bond donors (Lipinski definition) is 1. The van der Waals surface area contributed by atoms with Crippen LogP contribution in [0, 0.1) is 0 Å². The number of ketones is 1. The zero-order valence-electron chi connectivity index (χ0n) is 42.7. The summed E-state index contributed by atoms with van der Waals surface area (Å²) < 4.78 is 11.9. The van der Waals surface area contributed by atoms with Gasteiger partial charge in [-0.05, 0) is 96.7 Å². The fraction of sp³-hybridized carbons (Fsp3) is 0.889. The molecule has 0 aromatic heterocycles. The second-order valence-corrected chi connectivity index (χ2v) is 18.8. The normalized spacial score (nSPS) is 12.4. The molecular formula is C54H103N3O6. The van der Waals surface area contributed by atoms with E-state index in [0.717, 1.165) is 141 Å². The Bertz CT molecular complexity index is 1110. The second-order valence-electron chi connectivity index (χ2n) is 18.8. The number of likely N-dealkylation sites (N-methyl/N-ethyl adjacent to an activating group) is 1. The maximum Gasteiger partial charge on any atom is 0.306 e. The first kappa shape index (κ1) is 60.6. The molecule has 0 aliphatic heterocycles. The Balaban J connectivity index is 4.80. The van der Waals surface area contributed by atoms with Crippen LogP contribution in [0.5, 0.6) is 0 Å². The molecule has 0 aromatic carbocycles. The van der Waals surface area contributed by atoms with Crippen LogP contribution in [0.1, 0.15) is 259 Å². The van der Waals surface area contributed by atoms with Gasteiger partial charge in [-0.15, -0.1) is 0 Å². The Morgan fingerprint density at radius 2 is 0.857 bits per heavy atom. The highest BCUT2D eigenvalue weighted by molar-refractivity contribution is 5.98. The lowest BCUT2D eigenvalue weighted by Gasteiger charge is -2.23. The van der Waals surface area contributed by atoms with Crippen LogP contribution in [0.15, 0.2) is 11.4 Å². The molecule has 0 bridgehead atoms. The van der Waals surface area contributed by atoms with E-state index < -0.39 is 0 Å². The van der Waals surface area contributed by atoms with Gasteiger partial charge in [0.05, 0.1) is 0 Å². The molecule has 63 heavy (non-hydrogen) atoms. The van der Waals surface area contributed by atoms with E-state index in [-0.39, 0.29) is 29.9 Å². The highest BCUT2D eigenvalue weighted by Crippen LogP contribution is 2.19. The van der Waals surface area contributed by atoms with Crippen LogP contribution in [-0.4, -0.2) is 86.3 Å². The molecule has 0 saturated carbocycles. The minimum Gasteiger partial charge on any atom is -0.462 e. The first-order chi connectivity index (χ1) is 30.6. The Morgan fingerprint density at radius 3 is 1.25 bits per heavy atom. The molecule has 1 atom stereocenters. The smallest absolute Gasteiger partial charge is 0.306 e. The molecule has 0 saturated heterocycles. The van der Waals surface area contributed by atoms with Gasteiger partial charge in [0.15, 0.2) is 12.1 Å². The van der Waals surface area contributed by atoms with Gasteiger partial charge in [0.25, 0.3) is 0 Å². The fourth-order valence-electron chi connectivity index (χ4n) is 8.46.